The summed E-state index contributed by atoms with van der Waals surface area (Å²) in [6.07, 6.45) is -4.57. The van der Waals surface area contributed by atoms with E-state index in [0.29, 0.717) is 23.4 Å². The molecule has 2 aromatic rings. The SMILES string of the molecule is CNCCN(C)c1ccc2nnc(C(F)(F)F)n2n1. The lowest BCUT2D eigenvalue weighted by Gasteiger charge is -2.17. The summed E-state index contributed by atoms with van der Waals surface area (Å²) >= 11 is 0. The van der Waals surface area contributed by atoms with Crippen molar-refractivity contribution in [2.24, 2.45) is 0 Å². The van der Waals surface area contributed by atoms with Crippen LogP contribution in [0.4, 0.5) is 19.0 Å². The minimum Gasteiger partial charge on any atom is -0.357 e. The van der Waals surface area contributed by atoms with E-state index in [1.165, 1.54) is 6.07 Å². The number of nitrogens with zero attached hydrogens (tertiary/aromatic N) is 5. The molecule has 0 aromatic carbocycles. The number of hydrogen-bond donors (Lipinski definition) is 1. The third-order valence-electron chi connectivity index (χ3n) is 2.59. The van der Waals surface area contributed by atoms with Crippen molar-refractivity contribution in [2.45, 2.75) is 6.18 Å². The maximum atomic E-state index is 12.7. The van der Waals surface area contributed by atoms with E-state index in [4.69, 9.17) is 0 Å². The number of anilines is 1. The van der Waals surface area contributed by atoms with Crippen molar-refractivity contribution >= 4 is 11.5 Å². The van der Waals surface area contributed by atoms with Crippen LogP contribution >= 0.6 is 0 Å². The fraction of sp³-hybridized carbons (Fsp3) is 0.500. The molecule has 0 aliphatic carbocycles. The Morgan fingerprint density at radius 2 is 2.05 bits per heavy atom. The summed E-state index contributed by atoms with van der Waals surface area (Å²) in [5.41, 5.74) is 0.0677. The third kappa shape index (κ3) is 2.75. The van der Waals surface area contributed by atoms with Crippen molar-refractivity contribution in [2.75, 3.05) is 32.1 Å². The van der Waals surface area contributed by atoms with E-state index in [2.05, 4.69) is 20.6 Å². The summed E-state index contributed by atoms with van der Waals surface area (Å²) < 4.78 is 38.8. The maximum absolute atomic E-state index is 12.7. The largest absolute Gasteiger partial charge is 0.453 e. The number of rotatable bonds is 4. The van der Waals surface area contributed by atoms with E-state index in [1.54, 1.807) is 25.1 Å². The van der Waals surface area contributed by atoms with Crippen molar-refractivity contribution in [1.29, 1.82) is 0 Å². The van der Waals surface area contributed by atoms with Crippen molar-refractivity contribution < 1.29 is 13.2 Å². The standard InChI is InChI=1S/C10H13F3N6/c1-14-5-6-18(2)8-4-3-7-15-16-9(10(11,12)13)19(7)17-8/h3-4,14H,5-6H2,1-2H3. The van der Waals surface area contributed by atoms with Gasteiger partial charge in [0.15, 0.2) is 5.65 Å². The van der Waals surface area contributed by atoms with Crippen LogP contribution in [-0.2, 0) is 6.18 Å². The predicted molar refractivity (Wildman–Crippen MR) is 63.0 cm³/mol. The molecule has 0 atom stereocenters. The highest BCUT2D eigenvalue weighted by Crippen LogP contribution is 2.27. The Morgan fingerprint density at radius 3 is 2.68 bits per heavy atom. The van der Waals surface area contributed by atoms with Gasteiger partial charge in [-0.15, -0.1) is 15.3 Å². The van der Waals surface area contributed by atoms with Crippen LogP contribution in [0.2, 0.25) is 0 Å². The zero-order valence-electron chi connectivity index (χ0n) is 10.4. The van der Waals surface area contributed by atoms with Crippen molar-refractivity contribution in [1.82, 2.24) is 25.1 Å². The van der Waals surface area contributed by atoms with E-state index >= 15 is 0 Å². The van der Waals surface area contributed by atoms with Gasteiger partial charge in [-0.3, -0.25) is 0 Å². The molecule has 0 unspecified atom stereocenters. The molecule has 0 spiro atoms. The molecule has 2 heterocycles. The number of likely N-dealkylation sites (N-methyl/N-ethyl adjacent to an activating group) is 2. The van der Waals surface area contributed by atoms with Gasteiger partial charge in [0.1, 0.15) is 5.82 Å². The Morgan fingerprint density at radius 1 is 1.32 bits per heavy atom. The monoisotopic (exact) mass is 274 g/mol. The average molecular weight is 274 g/mol. The normalized spacial score (nSPS) is 12.1. The highest BCUT2D eigenvalue weighted by atomic mass is 19.4. The van der Waals surface area contributed by atoms with Gasteiger partial charge in [0.2, 0.25) is 0 Å². The molecule has 0 aliphatic heterocycles. The molecule has 2 aromatic heterocycles. The summed E-state index contributed by atoms with van der Waals surface area (Å²) in [4.78, 5) is 1.75. The topological polar surface area (TPSA) is 58.3 Å². The number of hydrogen-bond acceptors (Lipinski definition) is 5. The van der Waals surface area contributed by atoms with Crippen LogP contribution in [0.5, 0.6) is 0 Å². The highest BCUT2D eigenvalue weighted by Gasteiger charge is 2.37. The zero-order valence-corrected chi connectivity index (χ0v) is 10.4. The summed E-state index contributed by atoms with van der Waals surface area (Å²) in [5, 5.41) is 13.5. The lowest BCUT2D eigenvalue weighted by Crippen LogP contribution is -2.28. The number of aromatic nitrogens is 4. The Bertz CT molecular complexity index is 564. The molecule has 1 N–H and O–H groups in total. The van der Waals surface area contributed by atoms with Crippen LogP contribution in [0.15, 0.2) is 12.1 Å². The average Bonchev–Trinajstić information content (AvgIpc) is 2.78. The number of fused-ring (bicyclic) bond motifs is 1. The highest BCUT2D eigenvalue weighted by molar-refractivity contribution is 5.45. The minimum absolute atomic E-state index is 0.0677. The van der Waals surface area contributed by atoms with E-state index in [-0.39, 0.29) is 5.65 Å². The molecule has 104 valence electrons. The van der Waals surface area contributed by atoms with Crippen LogP contribution in [0.25, 0.3) is 5.65 Å². The Hall–Kier alpha value is -1.90. The Kier molecular flexibility index (Phi) is 3.56. The summed E-state index contributed by atoms with van der Waals surface area (Å²) in [6, 6.07) is 3.07. The van der Waals surface area contributed by atoms with E-state index in [1.807, 2.05) is 0 Å². The second kappa shape index (κ2) is 5.00. The van der Waals surface area contributed by atoms with Gasteiger partial charge in [-0.25, -0.2) is 0 Å². The lowest BCUT2D eigenvalue weighted by atomic mass is 10.4. The molecule has 0 fully saturated rings. The zero-order chi connectivity index (χ0) is 14.0. The second-order valence-corrected chi connectivity index (χ2v) is 4.01. The number of halogens is 3. The molecule has 0 aliphatic rings. The van der Waals surface area contributed by atoms with Crippen molar-refractivity contribution in [3.8, 4) is 0 Å². The van der Waals surface area contributed by atoms with Gasteiger partial charge < -0.3 is 10.2 Å². The Labute approximate surface area is 107 Å². The molecule has 19 heavy (non-hydrogen) atoms. The Balaban J connectivity index is 2.38. The third-order valence-corrected chi connectivity index (χ3v) is 2.59. The first-order valence-corrected chi connectivity index (χ1v) is 5.59. The van der Waals surface area contributed by atoms with Gasteiger partial charge in [0.25, 0.3) is 5.82 Å². The summed E-state index contributed by atoms with van der Waals surface area (Å²) in [5.74, 6) is -0.695. The molecule has 9 heteroatoms. The molecule has 0 amide bonds. The minimum atomic E-state index is -4.57. The van der Waals surface area contributed by atoms with Gasteiger partial charge >= 0.3 is 6.18 Å². The quantitative estimate of drug-likeness (QED) is 0.893. The van der Waals surface area contributed by atoms with Crippen LogP contribution in [-0.4, -0.2) is 47.0 Å². The summed E-state index contributed by atoms with van der Waals surface area (Å²) in [7, 11) is 3.55. The van der Waals surface area contributed by atoms with Gasteiger partial charge in [-0.2, -0.15) is 17.7 Å². The summed E-state index contributed by atoms with van der Waals surface area (Å²) in [6.45, 7) is 1.32. The fourth-order valence-corrected chi connectivity index (χ4v) is 1.55. The van der Waals surface area contributed by atoms with Crippen LogP contribution in [0.3, 0.4) is 0 Å². The predicted octanol–water partition coefficient (Wildman–Crippen LogP) is 0.799. The molecule has 0 saturated carbocycles. The first-order chi connectivity index (χ1) is 8.93. The molecular formula is C10H13F3N6. The van der Waals surface area contributed by atoms with Crippen molar-refractivity contribution in [3.05, 3.63) is 18.0 Å². The molecule has 6 nitrogen and oxygen atoms in total. The number of alkyl halides is 3. The smallest absolute Gasteiger partial charge is 0.357 e. The first-order valence-electron chi connectivity index (χ1n) is 5.59. The van der Waals surface area contributed by atoms with E-state index in [9.17, 15) is 13.2 Å². The van der Waals surface area contributed by atoms with Crippen LogP contribution in [0.1, 0.15) is 5.82 Å². The lowest BCUT2D eigenvalue weighted by molar-refractivity contribution is -0.146. The van der Waals surface area contributed by atoms with Gasteiger partial charge in [0.05, 0.1) is 0 Å². The first kappa shape index (κ1) is 13.5. The van der Waals surface area contributed by atoms with Crippen LogP contribution < -0.4 is 10.2 Å². The van der Waals surface area contributed by atoms with Gasteiger partial charge in [-0.1, -0.05) is 0 Å². The van der Waals surface area contributed by atoms with Gasteiger partial charge in [0, 0.05) is 20.1 Å². The second-order valence-electron chi connectivity index (χ2n) is 4.01. The van der Waals surface area contributed by atoms with Gasteiger partial charge in [-0.05, 0) is 19.2 Å². The molecule has 2 rings (SSSR count). The molecule has 0 bridgehead atoms. The fourth-order valence-electron chi connectivity index (χ4n) is 1.55. The molecule has 0 radical (unpaired) electrons. The molecular weight excluding hydrogens is 261 g/mol. The van der Waals surface area contributed by atoms with E-state index < -0.39 is 12.0 Å². The molecule has 0 saturated heterocycles. The van der Waals surface area contributed by atoms with Crippen molar-refractivity contribution in [3.63, 3.8) is 0 Å². The van der Waals surface area contributed by atoms with E-state index in [0.717, 1.165) is 0 Å². The number of nitrogens with one attached hydrogen (secondary N) is 1. The maximum Gasteiger partial charge on any atom is 0.453 e. The van der Waals surface area contributed by atoms with Crippen LogP contribution in [0, 0.1) is 0 Å².